The van der Waals surface area contributed by atoms with Crippen LogP contribution in [-0.4, -0.2) is 12.3 Å². The fourth-order valence-electron chi connectivity index (χ4n) is 0.852. The average molecular weight is 204 g/mol. The summed E-state index contributed by atoms with van der Waals surface area (Å²) in [6.07, 6.45) is 0.399. The minimum absolute atomic E-state index is 0.0810. The molecule has 1 heterocycles. The Labute approximate surface area is 80.3 Å². The van der Waals surface area contributed by atoms with Gasteiger partial charge in [0.1, 0.15) is 0 Å². The molecule has 0 radical (unpaired) electrons. The van der Waals surface area contributed by atoms with E-state index in [4.69, 9.17) is 17.3 Å². The van der Waals surface area contributed by atoms with Crippen molar-refractivity contribution in [3.63, 3.8) is 0 Å². The van der Waals surface area contributed by atoms with Gasteiger partial charge in [-0.05, 0) is 19.5 Å². The van der Waals surface area contributed by atoms with Gasteiger partial charge < -0.3 is 5.73 Å². The van der Waals surface area contributed by atoms with Gasteiger partial charge in [-0.15, -0.1) is 11.3 Å². The molecule has 0 saturated carbocycles. The van der Waals surface area contributed by atoms with Crippen LogP contribution in [-0.2, 0) is 0 Å². The second-order valence-corrected chi connectivity index (χ2v) is 4.14. The summed E-state index contributed by atoms with van der Waals surface area (Å²) < 4.78 is 0. The molecule has 0 aromatic carbocycles. The summed E-state index contributed by atoms with van der Waals surface area (Å²) in [6, 6.07) is 1.71. The van der Waals surface area contributed by atoms with Crippen LogP contribution in [0.3, 0.4) is 0 Å². The molecule has 0 fully saturated rings. The molecule has 0 saturated heterocycles. The molecule has 2 nitrogen and oxygen atoms in total. The predicted octanol–water partition coefficient (Wildman–Crippen LogP) is 2.24. The number of Topliss-reactive ketones (excluding diaryl/α,β-unsaturated/α-hetero) is 1. The number of nitrogens with two attached hydrogens (primary N) is 1. The van der Waals surface area contributed by atoms with E-state index in [9.17, 15) is 4.79 Å². The maximum atomic E-state index is 11.3. The number of rotatable bonds is 3. The lowest BCUT2D eigenvalue weighted by Gasteiger charge is -1.91. The topological polar surface area (TPSA) is 43.1 Å². The fraction of sp³-hybridized carbons (Fsp3) is 0.375. The summed E-state index contributed by atoms with van der Waals surface area (Å²) in [4.78, 5) is 13.0. The highest BCUT2D eigenvalue weighted by atomic mass is 35.5. The van der Waals surface area contributed by atoms with Crippen molar-refractivity contribution >= 4 is 28.7 Å². The minimum Gasteiger partial charge on any atom is -0.330 e. The summed E-state index contributed by atoms with van der Waals surface area (Å²) in [7, 11) is 0. The smallest absolute Gasteiger partial charge is 0.174 e. The van der Waals surface area contributed by atoms with Gasteiger partial charge in [0.05, 0.1) is 9.90 Å². The van der Waals surface area contributed by atoms with Gasteiger partial charge in [0, 0.05) is 11.3 Å². The van der Waals surface area contributed by atoms with Crippen molar-refractivity contribution in [1.82, 2.24) is 0 Å². The molecule has 1 rings (SSSR count). The molecule has 0 unspecified atom stereocenters. The maximum Gasteiger partial charge on any atom is 0.174 e. The monoisotopic (exact) mass is 203 g/mol. The van der Waals surface area contributed by atoms with Gasteiger partial charge >= 0.3 is 0 Å². The quantitative estimate of drug-likeness (QED) is 0.766. The number of aryl methyl sites for hydroxylation is 1. The Hall–Kier alpha value is -0.380. The molecule has 0 atom stereocenters. The van der Waals surface area contributed by atoms with E-state index in [1.807, 2.05) is 6.92 Å². The summed E-state index contributed by atoms with van der Waals surface area (Å²) >= 11 is 7.23. The van der Waals surface area contributed by atoms with Crippen LogP contribution in [0.5, 0.6) is 0 Å². The Balaban J connectivity index is 2.82. The highest BCUT2D eigenvalue weighted by molar-refractivity contribution is 7.14. The van der Waals surface area contributed by atoms with Crippen LogP contribution in [0, 0.1) is 6.92 Å². The standard InChI is InChI=1S/C8H10ClNOS/c1-5-6(9)4-8(12-5)7(11)2-3-10/h4H,2-3,10H2,1H3. The van der Waals surface area contributed by atoms with Crippen LogP contribution in [0.2, 0.25) is 5.02 Å². The Morgan fingerprint density at radius 2 is 2.42 bits per heavy atom. The van der Waals surface area contributed by atoms with Crippen molar-refractivity contribution < 1.29 is 4.79 Å². The average Bonchev–Trinajstić information content (AvgIpc) is 2.33. The number of carbonyl (C=O) groups is 1. The Morgan fingerprint density at radius 3 is 2.83 bits per heavy atom. The molecule has 1 aromatic rings. The third kappa shape index (κ3) is 2.06. The zero-order chi connectivity index (χ0) is 9.14. The van der Waals surface area contributed by atoms with E-state index < -0.39 is 0 Å². The Bertz CT molecular complexity index is 276. The lowest BCUT2D eigenvalue weighted by atomic mass is 10.2. The normalized spacial score (nSPS) is 10.2. The van der Waals surface area contributed by atoms with Crippen LogP contribution in [0.15, 0.2) is 6.07 Å². The minimum atomic E-state index is 0.0810. The highest BCUT2D eigenvalue weighted by Crippen LogP contribution is 2.26. The Morgan fingerprint density at radius 1 is 1.75 bits per heavy atom. The van der Waals surface area contributed by atoms with E-state index in [0.29, 0.717) is 22.9 Å². The molecule has 0 amide bonds. The molecule has 66 valence electrons. The van der Waals surface area contributed by atoms with Crippen molar-refractivity contribution in [3.05, 3.63) is 20.8 Å². The first-order valence-corrected chi connectivity index (χ1v) is 4.83. The number of halogens is 1. The molecule has 2 N–H and O–H groups in total. The van der Waals surface area contributed by atoms with Crippen molar-refractivity contribution in [2.45, 2.75) is 13.3 Å². The summed E-state index contributed by atoms with van der Waals surface area (Å²) in [5.41, 5.74) is 5.26. The first-order chi connectivity index (χ1) is 5.65. The second-order valence-electron chi connectivity index (χ2n) is 2.48. The van der Waals surface area contributed by atoms with E-state index >= 15 is 0 Å². The molecular formula is C8H10ClNOS. The van der Waals surface area contributed by atoms with Crippen LogP contribution in [0.25, 0.3) is 0 Å². The van der Waals surface area contributed by atoms with E-state index in [1.54, 1.807) is 6.07 Å². The van der Waals surface area contributed by atoms with E-state index in [2.05, 4.69) is 0 Å². The molecule has 4 heteroatoms. The van der Waals surface area contributed by atoms with Crippen LogP contribution in [0.4, 0.5) is 0 Å². The molecule has 12 heavy (non-hydrogen) atoms. The molecule has 0 spiro atoms. The van der Waals surface area contributed by atoms with Crippen molar-refractivity contribution in [2.24, 2.45) is 5.73 Å². The zero-order valence-electron chi connectivity index (χ0n) is 6.76. The summed E-state index contributed by atoms with van der Waals surface area (Å²) in [5.74, 6) is 0.0810. The van der Waals surface area contributed by atoms with Gasteiger partial charge in [0.2, 0.25) is 0 Å². The molecule has 0 aliphatic heterocycles. The van der Waals surface area contributed by atoms with Crippen LogP contribution in [0.1, 0.15) is 21.0 Å². The van der Waals surface area contributed by atoms with E-state index in [0.717, 1.165) is 4.88 Å². The first kappa shape index (κ1) is 9.71. The number of ketones is 1. The summed E-state index contributed by atoms with van der Waals surface area (Å²) in [6.45, 7) is 2.29. The number of thiophene rings is 1. The van der Waals surface area contributed by atoms with E-state index in [-0.39, 0.29) is 5.78 Å². The largest absolute Gasteiger partial charge is 0.330 e. The molecule has 1 aromatic heterocycles. The maximum absolute atomic E-state index is 11.3. The Kier molecular flexibility index (Phi) is 3.26. The molecule has 0 aliphatic rings. The molecule has 0 aliphatic carbocycles. The van der Waals surface area contributed by atoms with Gasteiger partial charge in [-0.3, -0.25) is 4.79 Å². The number of hydrogen-bond donors (Lipinski definition) is 1. The lowest BCUT2D eigenvalue weighted by Crippen LogP contribution is -2.06. The van der Waals surface area contributed by atoms with Gasteiger partial charge in [-0.2, -0.15) is 0 Å². The third-order valence-electron chi connectivity index (χ3n) is 1.50. The van der Waals surface area contributed by atoms with Crippen molar-refractivity contribution in [3.8, 4) is 0 Å². The lowest BCUT2D eigenvalue weighted by molar-refractivity contribution is 0.0989. The first-order valence-electron chi connectivity index (χ1n) is 3.64. The van der Waals surface area contributed by atoms with E-state index in [1.165, 1.54) is 11.3 Å². The second kappa shape index (κ2) is 4.03. The SMILES string of the molecule is Cc1sc(C(=O)CCN)cc1Cl. The third-order valence-corrected chi connectivity index (χ3v) is 3.10. The van der Waals surface area contributed by atoms with Gasteiger partial charge in [-0.1, -0.05) is 11.6 Å². The van der Waals surface area contributed by atoms with Crippen LogP contribution < -0.4 is 5.73 Å². The zero-order valence-corrected chi connectivity index (χ0v) is 8.34. The van der Waals surface area contributed by atoms with Gasteiger partial charge in [0.15, 0.2) is 5.78 Å². The van der Waals surface area contributed by atoms with Crippen molar-refractivity contribution in [1.29, 1.82) is 0 Å². The highest BCUT2D eigenvalue weighted by Gasteiger charge is 2.09. The predicted molar refractivity (Wildman–Crippen MR) is 52.1 cm³/mol. The molecular weight excluding hydrogens is 194 g/mol. The van der Waals surface area contributed by atoms with Gasteiger partial charge in [-0.25, -0.2) is 0 Å². The van der Waals surface area contributed by atoms with Crippen molar-refractivity contribution in [2.75, 3.05) is 6.54 Å². The fourth-order valence-corrected chi connectivity index (χ4v) is 2.02. The van der Waals surface area contributed by atoms with Gasteiger partial charge in [0.25, 0.3) is 0 Å². The number of carbonyl (C=O) groups excluding carboxylic acids is 1. The molecule has 0 bridgehead atoms. The van der Waals surface area contributed by atoms with Crippen LogP contribution >= 0.6 is 22.9 Å². The summed E-state index contributed by atoms with van der Waals surface area (Å²) in [5, 5.41) is 0.667. The number of hydrogen-bond acceptors (Lipinski definition) is 3.